The molecule has 2 heterocycles. The summed E-state index contributed by atoms with van der Waals surface area (Å²) in [7, 11) is 0. The van der Waals surface area contributed by atoms with Crippen molar-refractivity contribution in [2.45, 2.75) is 50.4 Å². The fourth-order valence-corrected chi connectivity index (χ4v) is 2.67. The van der Waals surface area contributed by atoms with Crippen molar-refractivity contribution in [2.24, 2.45) is 0 Å². The normalized spacial score (nSPS) is 18.9. The molecule has 1 aliphatic heterocycles. The fraction of sp³-hybridized carbons (Fsp3) is 0.667. The van der Waals surface area contributed by atoms with Crippen LogP contribution in [-0.4, -0.2) is 51.9 Å². The summed E-state index contributed by atoms with van der Waals surface area (Å²) in [5.41, 5.74) is -0.461. The highest BCUT2D eigenvalue weighted by Gasteiger charge is 2.27. The van der Waals surface area contributed by atoms with Gasteiger partial charge in [-0.2, -0.15) is 0 Å². The van der Waals surface area contributed by atoms with Gasteiger partial charge in [0.05, 0.1) is 0 Å². The van der Waals surface area contributed by atoms with E-state index in [9.17, 15) is 4.79 Å². The topological polar surface area (TPSA) is 67.4 Å². The van der Waals surface area contributed by atoms with Crippen molar-refractivity contribution in [1.29, 1.82) is 0 Å². The molecule has 6 nitrogen and oxygen atoms in total. The number of nitrogens with one attached hydrogen (secondary N) is 1. The second kappa shape index (κ2) is 7.17. The lowest BCUT2D eigenvalue weighted by Gasteiger charge is -2.34. The van der Waals surface area contributed by atoms with Crippen LogP contribution in [0.25, 0.3) is 0 Å². The standard InChI is InChI=1S/C15H24N4O2S/c1-15(2,3)21-14(20)19-9-5-6-11(10-19)17-12-7-8-16-13(18-12)22-4/h7-8,11H,5-6,9-10H2,1-4H3,(H,16,17,18). The second-order valence-corrected chi connectivity index (χ2v) is 7.11. The quantitative estimate of drug-likeness (QED) is 0.681. The van der Waals surface area contributed by atoms with Crippen LogP contribution >= 0.6 is 11.8 Å². The van der Waals surface area contributed by atoms with Gasteiger partial charge in [0.25, 0.3) is 0 Å². The molecule has 1 aromatic heterocycles. The highest BCUT2D eigenvalue weighted by Crippen LogP contribution is 2.18. The van der Waals surface area contributed by atoms with Crippen LogP contribution in [0, 0.1) is 0 Å². The van der Waals surface area contributed by atoms with Gasteiger partial charge >= 0.3 is 6.09 Å². The number of carbonyl (C=O) groups excluding carboxylic acids is 1. The molecule has 1 fully saturated rings. The maximum atomic E-state index is 12.2. The third-order valence-corrected chi connectivity index (χ3v) is 3.80. The number of aromatic nitrogens is 2. The lowest BCUT2D eigenvalue weighted by Crippen LogP contribution is -2.47. The third-order valence-electron chi connectivity index (χ3n) is 3.24. The van der Waals surface area contributed by atoms with Crippen molar-refractivity contribution >= 4 is 23.7 Å². The molecule has 1 aliphatic rings. The Morgan fingerprint density at radius 2 is 2.27 bits per heavy atom. The number of nitrogens with zero attached hydrogens (tertiary/aromatic N) is 3. The minimum Gasteiger partial charge on any atom is -0.444 e. The lowest BCUT2D eigenvalue weighted by molar-refractivity contribution is 0.0206. The molecular weight excluding hydrogens is 300 g/mol. The Morgan fingerprint density at radius 1 is 1.50 bits per heavy atom. The molecule has 0 radical (unpaired) electrons. The Bertz CT molecular complexity index is 519. The summed E-state index contributed by atoms with van der Waals surface area (Å²) < 4.78 is 5.44. The van der Waals surface area contributed by atoms with Crippen LogP contribution in [-0.2, 0) is 4.74 Å². The van der Waals surface area contributed by atoms with Crippen LogP contribution in [0.15, 0.2) is 17.4 Å². The van der Waals surface area contributed by atoms with E-state index in [-0.39, 0.29) is 12.1 Å². The molecule has 0 aromatic carbocycles. The van der Waals surface area contributed by atoms with Crippen LogP contribution < -0.4 is 5.32 Å². The maximum absolute atomic E-state index is 12.2. The predicted octanol–water partition coefficient (Wildman–Crippen LogP) is 3.01. The number of ether oxygens (including phenoxy) is 1. The lowest BCUT2D eigenvalue weighted by atomic mass is 10.1. The van der Waals surface area contributed by atoms with E-state index in [0.717, 1.165) is 30.4 Å². The number of hydrogen-bond donors (Lipinski definition) is 1. The van der Waals surface area contributed by atoms with Crippen molar-refractivity contribution in [3.05, 3.63) is 12.3 Å². The summed E-state index contributed by atoms with van der Waals surface area (Å²) in [6.07, 6.45) is 5.42. The smallest absolute Gasteiger partial charge is 0.410 e. The average molecular weight is 324 g/mol. The second-order valence-electron chi connectivity index (χ2n) is 6.34. The molecular formula is C15H24N4O2S. The molecule has 1 N–H and O–H groups in total. The molecule has 1 amide bonds. The van der Waals surface area contributed by atoms with Crippen LogP contribution in [0.3, 0.4) is 0 Å². The number of amides is 1. The van der Waals surface area contributed by atoms with Crippen molar-refractivity contribution in [2.75, 3.05) is 24.7 Å². The van der Waals surface area contributed by atoms with Crippen molar-refractivity contribution in [1.82, 2.24) is 14.9 Å². The molecule has 22 heavy (non-hydrogen) atoms. The number of piperidine rings is 1. The highest BCUT2D eigenvalue weighted by atomic mass is 32.2. The Morgan fingerprint density at radius 3 is 2.95 bits per heavy atom. The first-order valence-corrected chi connectivity index (χ1v) is 8.71. The van der Waals surface area contributed by atoms with E-state index in [1.165, 1.54) is 11.8 Å². The summed E-state index contributed by atoms with van der Waals surface area (Å²) in [6, 6.07) is 2.04. The number of likely N-dealkylation sites (tertiary alicyclic amines) is 1. The van der Waals surface area contributed by atoms with E-state index in [0.29, 0.717) is 6.54 Å². The van der Waals surface area contributed by atoms with Crippen LogP contribution in [0.5, 0.6) is 0 Å². The minimum absolute atomic E-state index is 0.186. The molecule has 1 saturated heterocycles. The van der Waals surface area contributed by atoms with Gasteiger partial charge in [0.2, 0.25) is 0 Å². The van der Waals surface area contributed by atoms with E-state index in [2.05, 4.69) is 15.3 Å². The number of hydrogen-bond acceptors (Lipinski definition) is 6. The van der Waals surface area contributed by atoms with Gasteiger partial charge in [-0.1, -0.05) is 11.8 Å². The number of anilines is 1. The molecule has 0 bridgehead atoms. The summed E-state index contributed by atoms with van der Waals surface area (Å²) in [6.45, 7) is 7.03. The van der Waals surface area contributed by atoms with Crippen LogP contribution in [0.2, 0.25) is 0 Å². The molecule has 0 saturated carbocycles. The van der Waals surface area contributed by atoms with Gasteiger partial charge in [0, 0.05) is 25.3 Å². The Kier molecular flexibility index (Phi) is 5.50. The van der Waals surface area contributed by atoms with Crippen molar-refractivity contribution in [3.63, 3.8) is 0 Å². The zero-order chi connectivity index (χ0) is 16.2. The fourth-order valence-electron chi connectivity index (χ4n) is 2.32. The van der Waals surface area contributed by atoms with Gasteiger partial charge < -0.3 is 15.0 Å². The number of rotatable bonds is 3. The Hall–Kier alpha value is -1.50. The predicted molar refractivity (Wildman–Crippen MR) is 88.3 cm³/mol. The first-order valence-electron chi connectivity index (χ1n) is 7.49. The van der Waals surface area contributed by atoms with E-state index < -0.39 is 5.60 Å². The largest absolute Gasteiger partial charge is 0.444 e. The third kappa shape index (κ3) is 5.05. The summed E-state index contributed by atoms with van der Waals surface area (Å²) in [5, 5.41) is 4.13. The van der Waals surface area contributed by atoms with Crippen LogP contribution in [0.1, 0.15) is 33.6 Å². The first-order chi connectivity index (χ1) is 10.4. The maximum Gasteiger partial charge on any atom is 0.410 e. The van der Waals surface area contributed by atoms with Gasteiger partial charge in [-0.3, -0.25) is 0 Å². The SMILES string of the molecule is CSc1nccc(NC2CCCN(C(=O)OC(C)(C)C)C2)n1. The molecule has 0 spiro atoms. The average Bonchev–Trinajstić information content (AvgIpc) is 2.46. The summed E-state index contributed by atoms with van der Waals surface area (Å²) in [4.78, 5) is 22.5. The van der Waals surface area contributed by atoms with Gasteiger partial charge in [-0.15, -0.1) is 0 Å². The highest BCUT2D eigenvalue weighted by molar-refractivity contribution is 7.98. The van der Waals surface area contributed by atoms with E-state index in [4.69, 9.17) is 4.74 Å². The van der Waals surface area contributed by atoms with Gasteiger partial charge in [-0.25, -0.2) is 14.8 Å². The number of thioether (sulfide) groups is 1. The van der Waals surface area contributed by atoms with Crippen molar-refractivity contribution in [3.8, 4) is 0 Å². The summed E-state index contributed by atoms with van der Waals surface area (Å²) in [5.74, 6) is 0.801. The van der Waals surface area contributed by atoms with E-state index >= 15 is 0 Å². The Balaban J connectivity index is 1.94. The molecule has 1 aromatic rings. The molecule has 0 aliphatic carbocycles. The summed E-state index contributed by atoms with van der Waals surface area (Å²) >= 11 is 1.51. The molecule has 1 atom stereocenters. The zero-order valence-corrected chi connectivity index (χ0v) is 14.4. The zero-order valence-electron chi connectivity index (χ0n) is 13.6. The number of carbonyl (C=O) groups is 1. The molecule has 2 rings (SSSR count). The first kappa shape index (κ1) is 16.9. The molecule has 1 unspecified atom stereocenters. The van der Waals surface area contributed by atoms with E-state index in [1.807, 2.05) is 33.1 Å². The van der Waals surface area contributed by atoms with Crippen LogP contribution in [0.4, 0.5) is 10.6 Å². The van der Waals surface area contributed by atoms with Gasteiger partial charge in [0.15, 0.2) is 5.16 Å². The minimum atomic E-state index is -0.461. The van der Waals surface area contributed by atoms with Crippen molar-refractivity contribution < 1.29 is 9.53 Å². The molecule has 7 heteroatoms. The molecule has 122 valence electrons. The van der Waals surface area contributed by atoms with Gasteiger partial charge in [0.1, 0.15) is 11.4 Å². The Labute approximate surface area is 136 Å². The monoisotopic (exact) mass is 324 g/mol. The van der Waals surface area contributed by atoms with Gasteiger partial charge in [-0.05, 0) is 45.9 Å². The van der Waals surface area contributed by atoms with E-state index in [1.54, 1.807) is 11.1 Å².